The van der Waals surface area contributed by atoms with Gasteiger partial charge >= 0.3 is 6.03 Å². The summed E-state index contributed by atoms with van der Waals surface area (Å²) in [6.45, 7) is 1.45. The Bertz CT molecular complexity index is 623. The topological polar surface area (TPSA) is 78.5 Å². The Morgan fingerprint density at radius 1 is 1.45 bits per heavy atom. The van der Waals surface area contributed by atoms with Crippen molar-refractivity contribution in [2.24, 2.45) is 0 Å². The molecule has 1 fully saturated rings. The van der Waals surface area contributed by atoms with Gasteiger partial charge in [0.05, 0.1) is 5.69 Å². The molecular formula is C14H15BrFN3O3. The van der Waals surface area contributed by atoms with Gasteiger partial charge in [0.2, 0.25) is 5.91 Å². The number of anilines is 1. The Morgan fingerprint density at radius 3 is 2.82 bits per heavy atom. The average molecular weight is 372 g/mol. The maximum atomic E-state index is 13.6. The summed E-state index contributed by atoms with van der Waals surface area (Å²) in [6, 6.07) is 2.98. The normalized spacial score (nSPS) is 17.6. The summed E-state index contributed by atoms with van der Waals surface area (Å²) in [5, 5.41) is 4.86. The van der Waals surface area contributed by atoms with Crippen LogP contribution in [0, 0.1) is 5.82 Å². The van der Waals surface area contributed by atoms with Crippen LogP contribution in [-0.4, -0.2) is 35.3 Å². The molecule has 0 saturated carbocycles. The summed E-state index contributed by atoms with van der Waals surface area (Å²) < 4.78 is 14.2. The van der Waals surface area contributed by atoms with Crippen LogP contribution in [0.1, 0.15) is 19.8 Å². The molecule has 1 aromatic rings. The lowest BCUT2D eigenvalue weighted by molar-refractivity contribution is -0.130. The molecule has 1 atom stereocenters. The van der Waals surface area contributed by atoms with Crippen molar-refractivity contribution in [2.75, 3.05) is 11.9 Å². The standard InChI is InChI=1S/C14H15BrFN3O3/c1-2-3-11-13(21)19(14(22)18-11)7-12(20)17-10-5-4-8(15)6-9(10)16/h4-6,11H,2-3,7H2,1H3,(H,17,20)(H,18,22). The number of amides is 4. The molecule has 2 rings (SSSR count). The smallest absolute Gasteiger partial charge is 0.325 e. The second kappa shape index (κ2) is 6.87. The minimum Gasteiger partial charge on any atom is -0.326 e. The highest BCUT2D eigenvalue weighted by Gasteiger charge is 2.38. The molecule has 1 aromatic carbocycles. The van der Waals surface area contributed by atoms with E-state index in [0.717, 1.165) is 11.3 Å². The number of carbonyl (C=O) groups excluding carboxylic acids is 3. The van der Waals surface area contributed by atoms with Crippen molar-refractivity contribution in [3.63, 3.8) is 0 Å². The van der Waals surface area contributed by atoms with Crippen LogP contribution in [0.4, 0.5) is 14.9 Å². The molecule has 2 N–H and O–H groups in total. The van der Waals surface area contributed by atoms with Gasteiger partial charge in [-0.2, -0.15) is 0 Å². The Morgan fingerprint density at radius 2 is 2.18 bits per heavy atom. The number of carbonyl (C=O) groups is 3. The molecule has 1 aliphatic heterocycles. The van der Waals surface area contributed by atoms with E-state index in [1.807, 2.05) is 6.92 Å². The predicted octanol–water partition coefficient (Wildman–Crippen LogP) is 2.25. The Hall–Kier alpha value is -1.96. The van der Waals surface area contributed by atoms with Crippen LogP contribution >= 0.6 is 15.9 Å². The van der Waals surface area contributed by atoms with Crippen LogP contribution in [0.15, 0.2) is 22.7 Å². The number of nitrogens with one attached hydrogen (secondary N) is 2. The zero-order valence-corrected chi connectivity index (χ0v) is 13.4. The quantitative estimate of drug-likeness (QED) is 0.779. The molecule has 6 nitrogen and oxygen atoms in total. The van der Waals surface area contributed by atoms with Crippen molar-refractivity contribution >= 4 is 39.5 Å². The lowest BCUT2D eigenvalue weighted by Crippen LogP contribution is -2.38. The summed E-state index contributed by atoms with van der Waals surface area (Å²) in [6.07, 6.45) is 1.25. The van der Waals surface area contributed by atoms with Crippen molar-refractivity contribution in [1.29, 1.82) is 0 Å². The molecule has 118 valence electrons. The van der Waals surface area contributed by atoms with E-state index in [1.54, 1.807) is 6.07 Å². The Labute approximate surface area is 135 Å². The lowest BCUT2D eigenvalue weighted by Gasteiger charge is -2.13. The largest absolute Gasteiger partial charge is 0.326 e. The number of rotatable bonds is 5. The maximum absolute atomic E-state index is 13.6. The fraction of sp³-hybridized carbons (Fsp3) is 0.357. The molecule has 0 aromatic heterocycles. The number of urea groups is 1. The molecule has 1 saturated heterocycles. The van der Waals surface area contributed by atoms with Crippen LogP contribution in [0.3, 0.4) is 0 Å². The van der Waals surface area contributed by atoms with Crippen molar-refractivity contribution in [3.8, 4) is 0 Å². The van der Waals surface area contributed by atoms with Gasteiger partial charge in [-0.15, -0.1) is 0 Å². The average Bonchev–Trinajstić information content (AvgIpc) is 2.70. The minimum absolute atomic E-state index is 0.00892. The maximum Gasteiger partial charge on any atom is 0.325 e. The van der Waals surface area contributed by atoms with Gasteiger partial charge in [-0.3, -0.25) is 14.5 Å². The molecule has 0 bridgehead atoms. The number of nitrogens with zero attached hydrogens (tertiary/aromatic N) is 1. The van der Waals surface area contributed by atoms with Gasteiger partial charge < -0.3 is 10.6 Å². The molecule has 22 heavy (non-hydrogen) atoms. The van der Waals surface area contributed by atoms with Gasteiger partial charge in [0.15, 0.2) is 0 Å². The van der Waals surface area contributed by atoms with Gasteiger partial charge in [-0.05, 0) is 24.6 Å². The van der Waals surface area contributed by atoms with E-state index in [2.05, 4.69) is 26.6 Å². The van der Waals surface area contributed by atoms with Gasteiger partial charge in [0.25, 0.3) is 5.91 Å². The van der Waals surface area contributed by atoms with E-state index in [1.165, 1.54) is 12.1 Å². The van der Waals surface area contributed by atoms with E-state index in [0.29, 0.717) is 10.9 Å². The molecule has 1 heterocycles. The fourth-order valence-corrected chi connectivity index (χ4v) is 2.47. The number of benzene rings is 1. The first-order chi connectivity index (χ1) is 10.4. The first-order valence-corrected chi connectivity index (χ1v) is 7.58. The van der Waals surface area contributed by atoms with Crippen LogP contribution in [0.2, 0.25) is 0 Å². The summed E-state index contributed by atoms with van der Waals surface area (Å²) >= 11 is 3.11. The first kappa shape index (κ1) is 16.4. The highest BCUT2D eigenvalue weighted by molar-refractivity contribution is 9.10. The van der Waals surface area contributed by atoms with E-state index >= 15 is 0 Å². The molecule has 0 aliphatic carbocycles. The van der Waals surface area contributed by atoms with Gasteiger partial charge in [0.1, 0.15) is 18.4 Å². The number of hydrogen-bond donors (Lipinski definition) is 2. The van der Waals surface area contributed by atoms with E-state index in [4.69, 9.17) is 0 Å². The van der Waals surface area contributed by atoms with E-state index in [9.17, 15) is 18.8 Å². The third kappa shape index (κ3) is 3.62. The molecule has 0 spiro atoms. The van der Waals surface area contributed by atoms with E-state index in [-0.39, 0.29) is 5.69 Å². The molecule has 1 aliphatic rings. The minimum atomic E-state index is -0.637. The SMILES string of the molecule is CCCC1NC(=O)N(CC(=O)Nc2ccc(Br)cc2F)C1=O. The van der Waals surface area contributed by atoms with Gasteiger partial charge in [-0.25, -0.2) is 9.18 Å². The van der Waals surface area contributed by atoms with Crippen LogP contribution in [0.25, 0.3) is 0 Å². The number of imide groups is 1. The van der Waals surface area contributed by atoms with Crippen LogP contribution < -0.4 is 10.6 Å². The number of hydrogen-bond acceptors (Lipinski definition) is 3. The molecule has 0 radical (unpaired) electrons. The molecule has 1 unspecified atom stereocenters. The monoisotopic (exact) mass is 371 g/mol. The van der Waals surface area contributed by atoms with Gasteiger partial charge in [-0.1, -0.05) is 29.3 Å². The van der Waals surface area contributed by atoms with E-state index < -0.39 is 36.2 Å². The molecular weight excluding hydrogens is 357 g/mol. The van der Waals surface area contributed by atoms with Crippen LogP contribution in [0.5, 0.6) is 0 Å². The summed E-state index contributed by atoms with van der Waals surface area (Å²) in [7, 11) is 0. The lowest BCUT2D eigenvalue weighted by atomic mass is 10.2. The van der Waals surface area contributed by atoms with Gasteiger partial charge in [0, 0.05) is 4.47 Å². The third-order valence-electron chi connectivity index (χ3n) is 3.19. The van der Waals surface area contributed by atoms with Crippen molar-refractivity contribution < 1.29 is 18.8 Å². The van der Waals surface area contributed by atoms with Crippen molar-refractivity contribution in [3.05, 3.63) is 28.5 Å². The fourth-order valence-electron chi connectivity index (χ4n) is 2.14. The number of halogens is 2. The Kier molecular flexibility index (Phi) is 5.12. The summed E-state index contributed by atoms with van der Waals surface area (Å²) in [4.78, 5) is 36.4. The van der Waals surface area contributed by atoms with Crippen molar-refractivity contribution in [2.45, 2.75) is 25.8 Å². The zero-order valence-electron chi connectivity index (χ0n) is 11.9. The summed E-state index contributed by atoms with van der Waals surface area (Å²) in [5.74, 6) is -1.68. The first-order valence-electron chi connectivity index (χ1n) is 6.79. The molecule has 4 amide bonds. The summed E-state index contributed by atoms with van der Waals surface area (Å²) in [5.41, 5.74) is -0.00892. The highest BCUT2D eigenvalue weighted by Crippen LogP contribution is 2.19. The van der Waals surface area contributed by atoms with Crippen molar-refractivity contribution in [1.82, 2.24) is 10.2 Å². The second-order valence-electron chi connectivity index (χ2n) is 4.89. The van der Waals surface area contributed by atoms with Crippen LogP contribution in [-0.2, 0) is 9.59 Å². The molecule has 8 heteroatoms. The highest BCUT2D eigenvalue weighted by atomic mass is 79.9. The Balaban J connectivity index is 2.00. The predicted molar refractivity (Wildman–Crippen MR) is 81.7 cm³/mol. The second-order valence-corrected chi connectivity index (χ2v) is 5.80. The third-order valence-corrected chi connectivity index (χ3v) is 3.68. The zero-order chi connectivity index (χ0) is 16.3.